The lowest BCUT2D eigenvalue weighted by Gasteiger charge is -2.23. The molecule has 1 saturated heterocycles. The van der Waals surface area contributed by atoms with E-state index in [4.69, 9.17) is 11.6 Å². The number of urea groups is 1. The maximum Gasteiger partial charge on any atom is 0.325 e. The van der Waals surface area contributed by atoms with E-state index >= 15 is 0 Å². The normalized spacial score (nSPS) is 18.8. The SMILES string of the molecule is CC(=O)c1cccc(NC(=O)CN2C(=O)N[C@](C)(c3ccccc3Cl)C2=O)c1. The minimum Gasteiger partial charge on any atom is -0.325 e. The molecule has 3 rings (SSSR count). The summed E-state index contributed by atoms with van der Waals surface area (Å²) in [6.07, 6.45) is 0. The molecule has 0 bridgehead atoms. The maximum absolute atomic E-state index is 12.9. The quantitative estimate of drug-likeness (QED) is 0.596. The number of Topliss-reactive ketones (excluding diaryl/α,β-unsaturated/α-hetero) is 1. The first-order valence-corrected chi connectivity index (χ1v) is 8.90. The van der Waals surface area contributed by atoms with Gasteiger partial charge < -0.3 is 10.6 Å². The van der Waals surface area contributed by atoms with Gasteiger partial charge in [0.05, 0.1) is 0 Å². The Hall–Kier alpha value is -3.19. The molecular formula is C20H18ClN3O4. The van der Waals surface area contributed by atoms with E-state index in [1.807, 2.05) is 0 Å². The minimum absolute atomic E-state index is 0.138. The van der Waals surface area contributed by atoms with E-state index in [1.165, 1.54) is 13.0 Å². The summed E-state index contributed by atoms with van der Waals surface area (Å²) in [7, 11) is 0. The molecule has 1 atom stereocenters. The van der Waals surface area contributed by atoms with Crippen LogP contribution >= 0.6 is 11.6 Å². The second-order valence-electron chi connectivity index (χ2n) is 6.61. The Bertz CT molecular complexity index is 991. The average molecular weight is 400 g/mol. The summed E-state index contributed by atoms with van der Waals surface area (Å²) in [4.78, 5) is 49.9. The number of carbonyl (C=O) groups excluding carboxylic acids is 4. The number of amides is 4. The predicted octanol–water partition coefficient (Wildman–Crippen LogP) is 2.95. The van der Waals surface area contributed by atoms with E-state index in [2.05, 4.69) is 10.6 Å². The molecule has 0 aliphatic carbocycles. The number of hydrogen-bond acceptors (Lipinski definition) is 4. The Kier molecular flexibility index (Phi) is 5.20. The summed E-state index contributed by atoms with van der Waals surface area (Å²) >= 11 is 6.18. The van der Waals surface area contributed by atoms with Crippen LogP contribution in [0.2, 0.25) is 5.02 Å². The molecule has 0 radical (unpaired) electrons. The topological polar surface area (TPSA) is 95.6 Å². The molecule has 7 nitrogen and oxygen atoms in total. The number of imide groups is 1. The van der Waals surface area contributed by atoms with Crippen molar-refractivity contribution in [3.8, 4) is 0 Å². The molecule has 1 fully saturated rings. The molecule has 2 N–H and O–H groups in total. The summed E-state index contributed by atoms with van der Waals surface area (Å²) in [5.41, 5.74) is -0.0608. The molecular weight excluding hydrogens is 382 g/mol. The molecule has 1 heterocycles. The molecule has 0 spiro atoms. The number of nitrogens with zero attached hydrogens (tertiary/aromatic N) is 1. The van der Waals surface area contributed by atoms with E-state index in [-0.39, 0.29) is 5.78 Å². The number of anilines is 1. The highest BCUT2D eigenvalue weighted by Crippen LogP contribution is 2.33. The van der Waals surface area contributed by atoms with Gasteiger partial charge >= 0.3 is 6.03 Å². The molecule has 144 valence electrons. The second kappa shape index (κ2) is 7.44. The van der Waals surface area contributed by atoms with Crippen molar-refractivity contribution in [2.24, 2.45) is 0 Å². The highest BCUT2D eigenvalue weighted by molar-refractivity contribution is 6.32. The highest BCUT2D eigenvalue weighted by atomic mass is 35.5. The van der Waals surface area contributed by atoms with Crippen LogP contribution in [0.4, 0.5) is 10.5 Å². The third-order valence-corrected chi connectivity index (χ3v) is 4.87. The summed E-state index contributed by atoms with van der Waals surface area (Å²) in [6, 6.07) is 12.4. The summed E-state index contributed by atoms with van der Waals surface area (Å²) in [6.45, 7) is 2.50. The molecule has 1 aliphatic rings. The van der Waals surface area contributed by atoms with Gasteiger partial charge in [-0.05, 0) is 32.0 Å². The molecule has 28 heavy (non-hydrogen) atoms. The van der Waals surface area contributed by atoms with E-state index < -0.39 is 29.9 Å². The van der Waals surface area contributed by atoms with Crippen LogP contribution in [0.5, 0.6) is 0 Å². The van der Waals surface area contributed by atoms with Crippen molar-refractivity contribution in [2.45, 2.75) is 19.4 Å². The minimum atomic E-state index is -1.36. The fourth-order valence-corrected chi connectivity index (χ4v) is 3.37. The van der Waals surface area contributed by atoms with Crippen molar-refractivity contribution in [1.82, 2.24) is 10.2 Å². The van der Waals surface area contributed by atoms with Gasteiger partial charge in [0.15, 0.2) is 5.78 Å². The van der Waals surface area contributed by atoms with Crippen LogP contribution in [-0.4, -0.2) is 35.1 Å². The number of rotatable bonds is 5. The molecule has 0 aromatic heterocycles. The smallest absolute Gasteiger partial charge is 0.325 e. The Labute approximate surface area is 166 Å². The van der Waals surface area contributed by atoms with Crippen LogP contribution in [0.15, 0.2) is 48.5 Å². The van der Waals surface area contributed by atoms with Crippen LogP contribution in [0.3, 0.4) is 0 Å². The van der Waals surface area contributed by atoms with Crippen LogP contribution in [-0.2, 0) is 15.1 Å². The van der Waals surface area contributed by atoms with Gasteiger partial charge in [0.2, 0.25) is 5.91 Å². The number of nitrogens with one attached hydrogen (secondary N) is 2. The fraction of sp³-hybridized carbons (Fsp3) is 0.200. The number of carbonyl (C=O) groups is 4. The zero-order valence-corrected chi connectivity index (χ0v) is 16.0. The molecule has 8 heteroatoms. The van der Waals surface area contributed by atoms with Gasteiger partial charge in [0, 0.05) is 21.8 Å². The monoisotopic (exact) mass is 399 g/mol. The molecule has 2 aromatic rings. The van der Waals surface area contributed by atoms with Crippen LogP contribution < -0.4 is 10.6 Å². The molecule has 0 saturated carbocycles. The van der Waals surface area contributed by atoms with Gasteiger partial charge in [-0.2, -0.15) is 0 Å². The Morgan fingerprint density at radius 1 is 1.14 bits per heavy atom. The zero-order valence-electron chi connectivity index (χ0n) is 15.3. The number of halogens is 1. The van der Waals surface area contributed by atoms with Gasteiger partial charge in [0.25, 0.3) is 5.91 Å². The van der Waals surface area contributed by atoms with Crippen molar-refractivity contribution >= 4 is 40.9 Å². The van der Waals surface area contributed by atoms with Crippen LogP contribution in [0.1, 0.15) is 29.8 Å². The zero-order chi connectivity index (χ0) is 20.5. The number of benzene rings is 2. The van der Waals surface area contributed by atoms with Crippen molar-refractivity contribution in [2.75, 3.05) is 11.9 Å². The first-order chi connectivity index (χ1) is 13.2. The molecule has 0 unspecified atom stereocenters. The van der Waals surface area contributed by atoms with Gasteiger partial charge in [-0.3, -0.25) is 19.3 Å². The van der Waals surface area contributed by atoms with E-state index in [1.54, 1.807) is 49.4 Å². The lowest BCUT2D eigenvalue weighted by Crippen LogP contribution is -2.42. The first kappa shape index (κ1) is 19.6. The van der Waals surface area contributed by atoms with Crippen LogP contribution in [0, 0.1) is 0 Å². The summed E-state index contributed by atoms with van der Waals surface area (Å²) in [5.74, 6) is -1.27. The predicted molar refractivity (Wildman–Crippen MR) is 104 cm³/mol. The molecule has 4 amide bonds. The third kappa shape index (κ3) is 3.61. The Balaban J connectivity index is 1.76. The van der Waals surface area contributed by atoms with E-state index in [0.29, 0.717) is 21.8 Å². The van der Waals surface area contributed by atoms with Crippen molar-refractivity contribution in [3.05, 3.63) is 64.7 Å². The Morgan fingerprint density at radius 2 is 1.86 bits per heavy atom. The van der Waals surface area contributed by atoms with E-state index in [0.717, 1.165) is 4.90 Å². The lowest BCUT2D eigenvalue weighted by molar-refractivity contribution is -0.133. The molecule has 2 aromatic carbocycles. The number of ketones is 1. The fourth-order valence-electron chi connectivity index (χ4n) is 3.05. The van der Waals surface area contributed by atoms with Crippen molar-refractivity contribution < 1.29 is 19.2 Å². The van der Waals surface area contributed by atoms with Crippen LogP contribution in [0.25, 0.3) is 0 Å². The van der Waals surface area contributed by atoms with Gasteiger partial charge in [-0.1, -0.05) is 41.9 Å². The maximum atomic E-state index is 12.9. The third-order valence-electron chi connectivity index (χ3n) is 4.54. The van der Waals surface area contributed by atoms with Gasteiger partial charge in [0.1, 0.15) is 12.1 Å². The van der Waals surface area contributed by atoms with Gasteiger partial charge in [-0.25, -0.2) is 4.79 Å². The summed E-state index contributed by atoms with van der Waals surface area (Å²) < 4.78 is 0. The average Bonchev–Trinajstić information content (AvgIpc) is 2.86. The van der Waals surface area contributed by atoms with E-state index in [9.17, 15) is 19.2 Å². The highest BCUT2D eigenvalue weighted by Gasteiger charge is 2.50. The van der Waals surface area contributed by atoms with Crippen molar-refractivity contribution in [1.29, 1.82) is 0 Å². The number of hydrogen-bond donors (Lipinski definition) is 2. The standard InChI is InChI=1S/C20H18ClN3O4/c1-12(25)13-6-5-7-14(10-13)22-17(26)11-24-18(27)20(2,23-19(24)28)15-8-3-4-9-16(15)21/h3-10H,11H2,1-2H3,(H,22,26)(H,23,28)/t20-/m1/s1. The largest absolute Gasteiger partial charge is 0.325 e. The Morgan fingerprint density at radius 3 is 2.54 bits per heavy atom. The molecule has 1 aliphatic heterocycles. The van der Waals surface area contributed by atoms with Gasteiger partial charge in [-0.15, -0.1) is 0 Å². The summed E-state index contributed by atoms with van der Waals surface area (Å²) in [5, 5.41) is 5.54. The first-order valence-electron chi connectivity index (χ1n) is 8.52. The van der Waals surface area contributed by atoms with Crippen molar-refractivity contribution in [3.63, 3.8) is 0 Å². The second-order valence-corrected chi connectivity index (χ2v) is 7.02. The lowest BCUT2D eigenvalue weighted by atomic mass is 9.92.